The minimum Gasteiger partial charge on any atom is -0.0619 e. The molecule has 0 aliphatic heterocycles. The van der Waals surface area contributed by atoms with Crippen molar-refractivity contribution in [3.05, 3.63) is 230 Å². The van der Waals surface area contributed by atoms with Crippen molar-refractivity contribution < 1.29 is 0 Å². The second-order valence-corrected chi connectivity index (χ2v) is 19.5. The number of rotatable bonds is 4. The Hall–Kier alpha value is -8.32. The molecule has 1 aliphatic rings. The first-order valence-corrected chi connectivity index (χ1v) is 23.7. The quantitative estimate of drug-likeness (QED) is 0.155. The van der Waals surface area contributed by atoms with E-state index >= 15 is 0 Å². The minimum absolute atomic E-state index is 0.144. The van der Waals surface area contributed by atoms with Gasteiger partial charge < -0.3 is 0 Å². The molecule has 67 heavy (non-hydrogen) atoms. The highest BCUT2D eigenvalue weighted by Gasteiger charge is 2.35. The normalized spacial score (nSPS) is 13.3. The fourth-order valence-corrected chi connectivity index (χ4v) is 12.6. The highest BCUT2D eigenvalue weighted by atomic mass is 14.4. The molecule has 0 aromatic heterocycles. The third-order valence-electron chi connectivity index (χ3n) is 15.7. The molecule has 0 unspecified atom stereocenters. The van der Waals surface area contributed by atoms with Crippen LogP contribution in [0.2, 0.25) is 0 Å². The lowest BCUT2D eigenvalue weighted by molar-refractivity contribution is 0.660. The average Bonchev–Trinajstić information content (AvgIpc) is 3.61. The molecule has 14 aromatic carbocycles. The topological polar surface area (TPSA) is 0 Å². The third-order valence-corrected chi connectivity index (χ3v) is 15.7. The summed E-state index contributed by atoms with van der Waals surface area (Å²) in [5.41, 5.74) is 15.3. The Bertz CT molecular complexity index is 4380. The number of fused-ring (bicyclic) bond motifs is 5. The van der Waals surface area contributed by atoms with Crippen molar-refractivity contribution in [2.45, 2.75) is 19.3 Å². The summed E-state index contributed by atoms with van der Waals surface area (Å²) in [7, 11) is 0. The minimum atomic E-state index is -0.144. The van der Waals surface area contributed by atoms with E-state index in [1.54, 1.807) is 0 Å². The Morgan fingerprint density at radius 1 is 0.239 bits per heavy atom. The second-order valence-electron chi connectivity index (χ2n) is 19.5. The first-order chi connectivity index (χ1) is 33.0. The van der Waals surface area contributed by atoms with Gasteiger partial charge in [-0.25, -0.2) is 0 Å². The van der Waals surface area contributed by atoms with Crippen LogP contribution in [0.25, 0.3) is 142 Å². The summed E-state index contributed by atoms with van der Waals surface area (Å²) in [5.74, 6) is 0. The Labute approximate surface area is 388 Å². The summed E-state index contributed by atoms with van der Waals surface area (Å²) < 4.78 is 0. The van der Waals surface area contributed by atoms with Crippen LogP contribution in [0.1, 0.15) is 25.0 Å². The molecule has 0 heteroatoms. The highest BCUT2D eigenvalue weighted by molar-refractivity contribution is 6.29. The van der Waals surface area contributed by atoms with Crippen LogP contribution in [0, 0.1) is 0 Å². The Balaban J connectivity index is 1.08. The molecule has 15 rings (SSSR count). The molecule has 0 bridgehead atoms. The molecule has 0 atom stereocenters. The van der Waals surface area contributed by atoms with Crippen molar-refractivity contribution in [2.75, 3.05) is 0 Å². The molecule has 1 aliphatic carbocycles. The van der Waals surface area contributed by atoms with Gasteiger partial charge in [-0.15, -0.1) is 0 Å². The van der Waals surface area contributed by atoms with E-state index in [0.29, 0.717) is 0 Å². The zero-order chi connectivity index (χ0) is 44.1. The van der Waals surface area contributed by atoms with E-state index in [9.17, 15) is 0 Å². The lowest BCUT2D eigenvalue weighted by atomic mass is 9.79. The van der Waals surface area contributed by atoms with Gasteiger partial charge in [0.1, 0.15) is 0 Å². The summed E-state index contributed by atoms with van der Waals surface area (Å²) in [5, 5.41) is 20.6. The molecule has 0 fully saturated rings. The van der Waals surface area contributed by atoms with E-state index in [-0.39, 0.29) is 5.41 Å². The van der Waals surface area contributed by atoms with Crippen LogP contribution in [0.15, 0.2) is 218 Å². The third kappa shape index (κ3) is 5.08. The maximum Gasteiger partial charge on any atom is 0.0159 e. The lowest BCUT2D eigenvalue weighted by Gasteiger charge is -2.24. The van der Waals surface area contributed by atoms with E-state index in [1.807, 2.05) is 0 Å². The van der Waals surface area contributed by atoms with Gasteiger partial charge in [-0.3, -0.25) is 0 Å². The Morgan fingerprint density at radius 2 is 0.701 bits per heavy atom. The van der Waals surface area contributed by atoms with Crippen molar-refractivity contribution in [1.82, 2.24) is 0 Å². The van der Waals surface area contributed by atoms with Crippen LogP contribution in [-0.4, -0.2) is 0 Å². The molecule has 0 N–H and O–H groups in total. The maximum atomic E-state index is 2.55. The smallest absolute Gasteiger partial charge is 0.0159 e. The molecular weight excluding hydrogens is 805 g/mol. The molecule has 14 aromatic rings. The SMILES string of the molecule is CC1(C)c2ccccc2-c2ccc(-c3cc(-c4cc5ccccc5cc4-c4ccc5ccc6cccc7ccc4c5c67)c4ccccc4c3-c3ccc4ccc5cccc6ccc3c4c56)cc21. The van der Waals surface area contributed by atoms with E-state index in [4.69, 9.17) is 0 Å². The zero-order valence-corrected chi connectivity index (χ0v) is 37.3. The molecule has 0 amide bonds. The molecule has 0 heterocycles. The van der Waals surface area contributed by atoms with Crippen molar-refractivity contribution in [3.63, 3.8) is 0 Å². The monoisotopic (exact) mass is 846 g/mol. The van der Waals surface area contributed by atoms with Gasteiger partial charge in [0.05, 0.1) is 0 Å². The molecule has 0 saturated heterocycles. The van der Waals surface area contributed by atoms with E-state index in [2.05, 4.69) is 232 Å². The molecule has 0 saturated carbocycles. The predicted octanol–water partition coefficient (Wildman–Crippen LogP) is 18.8. The van der Waals surface area contributed by atoms with Gasteiger partial charge in [-0.05, 0) is 177 Å². The van der Waals surface area contributed by atoms with Gasteiger partial charge in [0.2, 0.25) is 0 Å². The maximum absolute atomic E-state index is 2.55. The molecule has 0 spiro atoms. The van der Waals surface area contributed by atoms with E-state index in [1.165, 1.54) is 153 Å². The first-order valence-electron chi connectivity index (χ1n) is 23.7. The standard InChI is InChI=1S/C67H42/c1-67(2)60-20-8-7-18-50(60)51-31-29-47(37-61(51)67)56-38-59(48-17-5-6-19-52(48)66(56)55-34-28-44-24-22-40-14-10-16-42-27-33-54(55)65(44)63(40)42)58-36-46-12-4-3-11-45(46)35-57(58)49-30-25-43-23-21-39-13-9-15-41-26-32-53(49)64(43)62(39)41/h3-38H,1-2H3. The Morgan fingerprint density at radius 3 is 1.36 bits per heavy atom. The van der Waals surface area contributed by atoms with Gasteiger partial charge in [-0.1, -0.05) is 208 Å². The van der Waals surface area contributed by atoms with Crippen LogP contribution in [0.3, 0.4) is 0 Å². The van der Waals surface area contributed by atoms with Crippen molar-refractivity contribution in [1.29, 1.82) is 0 Å². The van der Waals surface area contributed by atoms with Crippen LogP contribution < -0.4 is 0 Å². The van der Waals surface area contributed by atoms with Crippen LogP contribution in [-0.2, 0) is 5.41 Å². The van der Waals surface area contributed by atoms with Gasteiger partial charge in [0.25, 0.3) is 0 Å². The first kappa shape index (κ1) is 37.0. The summed E-state index contributed by atoms with van der Waals surface area (Å²) in [6, 6.07) is 83.3. The number of hydrogen-bond donors (Lipinski definition) is 0. The predicted molar refractivity (Wildman–Crippen MR) is 288 cm³/mol. The largest absolute Gasteiger partial charge is 0.0619 e. The number of hydrogen-bond acceptors (Lipinski definition) is 0. The summed E-state index contributed by atoms with van der Waals surface area (Å²) >= 11 is 0. The van der Waals surface area contributed by atoms with Crippen LogP contribution in [0.5, 0.6) is 0 Å². The lowest BCUT2D eigenvalue weighted by Crippen LogP contribution is -2.14. The average molecular weight is 847 g/mol. The van der Waals surface area contributed by atoms with Gasteiger partial charge in [0, 0.05) is 5.41 Å². The van der Waals surface area contributed by atoms with Gasteiger partial charge >= 0.3 is 0 Å². The summed E-state index contributed by atoms with van der Waals surface area (Å²) in [6.07, 6.45) is 0. The molecular formula is C67H42. The highest BCUT2D eigenvalue weighted by Crippen LogP contribution is 2.53. The number of benzene rings is 14. The summed E-state index contributed by atoms with van der Waals surface area (Å²) in [6.45, 7) is 4.79. The molecule has 310 valence electrons. The molecule has 0 nitrogen and oxygen atoms in total. The van der Waals surface area contributed by atoms with Gasteiger partial charge in [0.15, 0.2) is 0 Å². The van der Waals surface area contributed by atoms with Gasteiger partial charge in [-0.2, -0.15) is 0 Å². The van der Waals surface area contributed by atoms with E-state index < -0.39 is 0 Å². The van der Waals surface area contributed by atoms with Crippen molar-refractivity contribution >= 4 is 86.2 Å². The zero-order valence-electron chi connectivity index (χ0n) is 37.3. The fourth-order valence-electron chi connectivity index (χ4n) is 12.6. The van der Waals surface area contributed by atoms with Crippen molar-refractivity contribution in [3.8, 4) is 55.6 Å². The fraction of sp³-hybridized carbons (Fsp3) is 0.0448. The van der Waals surface area contributed by atoms with Crippen molar-refractivity contribution in [2.24, 2.45) is 0 Å². The van der Waals surface area contributed by atoms with Crippen LogP contribution in [0.4, 0.5) is 0 Å². The van der Waals surface area contributed by atoms with E-state index in [0.717, 1.165) is 0 Å². The van der Waals surface area contributed by atoms with Crippen LogP contribution >= 0.6 is 0 Å². The Kier molecular flexibility index (Phi) is 7.38. The molecule has 0 radical (unpaired) electrons. The second kappa shape index (κ2) is 13.4. The summed E-state index contributed by atoms with van der Waals surface area (Å²) in [4.78, 5) is 0.